The Morgan fingerprint density at radius 2 is 1.92 bits per heavy atom. The van der Waals surface area contributed by atoms with Crippen LogP contribution in [0.4, 0.5) is 11.5 Å². The van der Waals surface area contributed by atoms with Gasteiger partial charge in [0.2, 0.25) is 0 Å². The van der Waals surface area contributed by atoms with Crippen molar-refractivity contribution in [2.75, 3.05) is 36.9 Å². The van der Waals surface area contributed by atoms with Crippen molar-refractivity contribution in [1.29, 1.82) is 0 Å². The first kappa shape index (κ1) is 23.3. The summed E-state index contributed by atoms with van der Waals surface area (Å²) in [5, 5.41) is 0.868. The van der Waals surface area contributed by atoms with Crippen LogP contribution in [0.5, 0.6) is 0 Å². The summed E-state index contributed by atoms with van der Waals surface area (Å²) in [5.41, 5.74) is 10.4. The predicted molar refractivity (Wildman–Crippen MR) is 141 cm³/mol. The normalized spacial score (nSPS) is 16.8. The van der Waals surface area contributed by atoms with E-state index in [1.165, 1.54) is 0 Å². The highest BCUT2D eigenvalue weighted by Gasteiger charge is 2.49. The van der Waals surface area contributed by atoms with Crippen LogP contribution >= 0.6 is 0 Å². The highest BCUT2D eigenvalue weighted by atomic mass is 16.5. The van der Waals surface area contributed by atoms with Crippen LogP contribution in [-0.4, -0.2) is 57.0 Å². The topological polar surface area (TPSA) is 110 Å². The monoisotopic (exact) mass is 495 g/mol. The smallest absolute Gasteiger partial charge is 0.254 e. The van der Waals surface area contributed by atoms with Crippen molar-refractivity contribution in [3.05, 3.63) is 83.7 Å². The minimum absolute atomic E-state index is 0.128. The molecule has 1 unspecified atom stereocenters. The lowest BCUT2D eigenvalue weighted by molar-refractivity contribution is -0.127. The van der Waals surface area contributed by atoms with Crippen LogP contribution in [-0.2, 0) is 11.3 Å². The van der Waals surface area contributed by atoms with E-state index in [1.54, 1.807) is 29.4 Å². The number of pyridine rings is 2. The molecule has 1 atom stereocenters. The highest BCUT2D eigenvalue weighted by Crippen LogP contribution is 2.40. The molecule has 3 aromatic heterocycles. The lowest BCUT2D eigenvalue weighted by atomic mass is 9.78. The zero-order chi connectivity index (χ0) is 25.6. The number of nitrogens with two attached hydrogens (primary N) is 1. The number of hydrogen-bond acceptors (Lipinski definition) is 8. The number of carbonyl (C=O) groups excluding carboxylic acids is 1. The van der Waals surface area contributed by atoms with Crippen LogP contribution < -0.4 is 10.6 Å². The Balaban J connectivity index is 1.27. The zero-order valence-electron chi connectivity index (χ0n) is 21.0. The first-order chi connectivity index (χ1) is 17.9. The van der Waals surface area contributed by atoms with Gasteiger partial charge >= 0.3 is 0 Å². The first-order valence-electron chi connectivity index (χ1n) is 12.4. The molecule has 6 rings (SSSR count). The van der Waals surface area contributed by atoms with Gasteiger partial charge in [0.1, 0.15) is 11.6 Å². The summed E-state index contributed by atoms with van der Waals surface area (Å²) in [7, 11) is 0. The van der Waals surface area contributed by atoms with Gasteiger partial charge in [-0.2, -0.15) is 0 Å². The van der Waals surface area contributed by atoms with E-state index < -0.39 is 0 Å². The number of anilines is 2. The Labute approximate surface area is 215 Å². The number of rotatable bonds is 6. The number of benzene rings is 1. The molecule has 9 nitrogen and oxygen atoms in total. The summed E-state index contributed by atoms with van der Waals surface area (Å²) in [5.74, 6) is 0.941. The zero-order valence-corrected chi connectivity index (χ0v) is 21.0. The lowest BCUT2D eigenvalue weighted by Gasteiger charge is -2.55. The Hall–Kier alpha value is -4.11. The van der Waals surface area contributed by atoms with Crippen molar-refractivity contribution < 1.29 is 9.53 Å². The fourth-order valence-corrected chi connectivity index (χ4v) is 5.04. The van der Waals surface area contributed by atoms with Crippen molar-refractivity contribution in [2.24, 2.45) is 5.41 Å². The molecule has 0 aliphatic carbocycles. The van der Waals surface area contributed by atoms with E-state index in [1.807, 2.05) is 44.3 Å². The van der Waals surface area contributed by atoms with Crippen molar-refractivity contribution in [2.45, 2.75) is 26.4 Å². The average Bonchev–Trinajstić information content (AvgIpc) is 2.86. The number of ether oxygens (including phenoxy) is 1. The maximum atomic E-state index is 13.9. The van der Waals surface area contributed by atoms with Gasteiger partial charge in [0, 0.05) is 36.4 Å². The van der Waals surface area contributed by atoms with Crippen LogP contribution in [0.2, 0.25) is 0 Å². The molecule has 188 valence electrons. The van der Waals surface area contributed by atoms with Gasteiger partial charge in [-0.15, -0.1) is 0 Å². The van der Waals surface area contributed by atoms with Crippen molar-refractivity contribution in [1.82, 2.24) is 24.8 Å². The van der Waals surface area contributed by atoms with E-state index in [0.29, 0.717) is 29.2 Å². The lowest BCUT2D eigenvalue weighted by Crippen LogP contribution is -2.66. The van der Waals surface area contributed by atoms with Gasteiger partial charge < -0.3 is 20.3 Å². The molecular formula is C28H29N7O2. The quantitative estimate of drug-likeness (QED) is 0.432. The average molecular weight is 496 g/mol. The van der Waals surface area contributed by atoms with Crippen LogP contribution in [0.3, 0.4) is 0 Å². The maximum absolute atomic E-state index is 13.9. The fourth-order valence-electron chi connectivity index (χ4n) is 5.04. The van der Waals surface area contributed by atoms with Gasteiger partial charge in [0.05, 0.1) is 54.3 Å². The third-order valence-corrected chi connectivity index (χ3v) is 7.35. The number of amides is 1. The third kappa shape index (κ3) is 4.35. The first-order valence-corrected chi connectivity index (χ1v) is 12.4. The number of aromatic nitrogens is 4. The largest absolute Gasteiger partial charge is 0.383 e. The summed E-state index contributed by atoms with van der Waals surface area (Å²) in [6.45, 7) is 7.88. The maximum Gasteiger partial charge on any atom is 0.254 e. The summed E-state index contributed by atoms with van der Waals surface area (Å²) in [6, 6.07) is 12.9. The van der Waals surface area contributed by atoms with Crippen LogP contribution in [0.15, 0.2) is 61.1 Å². The molecule has 1 amide bonds. The molecule has 2 aliphatic rings. The third-order valence-electron chi connectivity index (χ3n) is 7.35. The number of fused-ring (bicyclic) bond motifs is 1. The van der Waals surface area contributed by atoms with Crippen molar-refractivity contribution >= 4 is 28.3 Å². The minimum atomic E-state index is -0.356. The predicted octanol–water partition coefficient (Wildman–Crippen LogP) is 3.55. The molecule has 2 fully saturated rings. The summed E-state index contributed by atoms with van der Waals surface area (Å²) in [4.78, 5) is 35.9. The second kappa shape index (κ2) is 9.08. The van der Waals surface area contributed by atoms with Gasteiger partial charge in [0.15, 0.2) is 0 Å². The molecule has 2 N–H and O–H groups in total. The number of nitrogen functional groups attached to an aromatic ring is 1. The van der Waals surface area contributed by atoms with Crippen molar-refractivity contribution in [3.63, 3.8) is 0 Å². The Morgan fingerprint density at radius 1 is 1.14 bits per heavy atom. The SMILES string of the molecule is Cc1cc2cc(C(=O)N(Cc3ccc(N4CC5(COC5)C4)cn3)C(C)c3ncccn3)ccc2nc1N. The van der Waals surface area contributed by atoms with Gasteiger partial charge in [-0.3, -0.25) is 9.78 Å². The molecule has 0 bridgehead atoms. The molecule has 2 aliphatic heterocycles. The van der Waals surface area contributed by atoms with E-state index in [4.69, 9.17) is 15.5 Å². The summed E-state index contributed by atoms with van der Waals surface area (Å²) >= 11 is 0. The Morgan fingerprint density at radius 3 is 2.59 bits per heavy atom. The molecule has 1 aromatic carbocycles. The Kier molecular flexibility index (Phi) is 5.72. The van der Waals surface area contributed by atoms with Gasteiger partial charge in [-0.05, 0) is 61.9 Å². The molecule has 9 heteroatoms. The van der Waals surface area contributed by atoms with E-state index in [0.717, 1.165) is 54.2 Å². The molecule has 2 saturated heterocycles. The second-order valence-electron chi connectivity index (χ2n) is 10.2. The fraction of sp³-hybridized carbons (Fsp3) is 0.321. The van der Waals surface area contributed by atoms with Gasteiger partial charge in [-0.25, -0.2) is 15.0 Å². The number of nitrogens with zero attached hydrogens (tertiary/aromatic N) is 6. The van der Waals surface area contributed by atoms with E-state index >= 15 is 0 Å². The van der Waals surface area contributed by atoms with E-state index in [-0.39, 0.29) is 11.9 Å². The second-order valence-corrected chi connectivity index (χ2v) is 10.2. The minimum Gasteiger partial charge on any atom is -0.383 e. The standard InChI is InChI=1S/C28H29N7O2/c1-18-10-21-11-20(4-7-24(21)33-25(18)29)27(36)35(19(2)26-30-8-3-9-31-26)13-22-5-6-23(12-32-22)34-14-28(15-34)16-37-17-28/h3-12,19H,13-17H2,1-2H3,(H2,29,33). The summed E-state index contributed by atoms with van der Waals surface area (Å²) in [6.07, 6.45) is 5.27. The van der Waals surface area contributed by atoms with E-state index in [2.05, 4.69) is 25.9 Å². The molecule has 1 spiro atoms. The van der Waals surface area contributed by atoms with Gasteiger partial charge in [0.25, 0.3) is 5.91 Å². The number of aryl methyl sites for hydroxylation is 1. The highest BCUT2D eigenvalue weighted by molar-refractivity contribution is 5.98. The van der Waals surface area contributed by atoms with Crippen LogP contribution in [0.25, 0.3) is 10.9 Å². The molecule has 4 aromatic rings. The Bertz CT molecular complexity index is 1450. The molecule has 0 radical (unpaired) electrons. The van der Waals surface area contributed by atoms with Crippen molar-refractivity contribution in [3.8, 4) is 0 Å². The molecule has 37 heavy (non-hydrogen) atoms. The van der Waals surface area contributed by atoms with Crippen LogP contribution in [0, 0.1) is 12.3 Å². The van der Waals surface area contributed by atoms with Crippen LogP contribution in [0.1, 0.15) is 40.4 Å². The van der Waals surface area contributed by atoms with Gasteiger partial charge in [-0.1, -0.05) is 0 Å². The van der Waals surface area contributed by atoms with E-state index in [9.17, 15) is 4.79 Å². The molecule has 5 heterocycles. The number of hydrogen-bond donors (Lipinski definition) is 1. The molecular weight excluding hydrogens is 466 g/mol. The molecule has 0 saturated carbocycles. The summed E-state index contributed by atoms with van der Waals surface area (Å²) < 4.78 is 5.38. The number of carbonyl (C=O) groups is 1.